The van der Waals surface area contributed by atoms with Gasteiger partial charge in [0.25, 0.3) is 0 Å². The normalized spacial score (nSPS) is 24.1. The van der Waals surface area contributed by atoms with Gasteiger partial charge in [-0.3, -0.25) is 0 Å². The Morgan fingerprint density at radius 2 is 1.85 bits per heavy atom. The predicted molar refractivity (Wildman–Crippen MR) is 91.4 cm³/mol. The van der Waals surface area contributed by atoms with Gasteiger partial charge in [0.1, 0.15) is 0 Å². The molecule has 0 amide bonds. The van der Waals surface area contributed by atoms with E-state index in [0.29, 0.717) is 6.04 Å². The second-order valence-electron chi connectivity index (χ2n) is 5.93. The molecule has 0 aliphatic heterocycles. The lowest BCUT2D eigenvalue weighted by Crippen LogP contribution is -2.38. The number of hydrogen-bond acceptors (Lipinski definition) is 2. The molecule has 1 aliphatic carbocycles. The number of rotatable bonds is 5. The Bertz CT molecular complexity index is 391. The Morgan fingerprint density at radius 3 is 2.60 bits per heavy atom. The molecule has 1 N–H and O–H groups in total. The van der Waals surface area contributed by atoms with Crippen molar-refractivity contribution in [3.63, 3.8) is 0 Å². The van der Waals surface area contributed by atoms with Crippen molar-refractivity contribution in [2.45, 2.75) is 69.4 Å². The fraction of sp³-hybridized carbons (Fsp3) is 0.667. The van der Waals surface area contributed by atoms with Gasteiger partial charge in [-0.05, 0) is 37.4 Å². The van der Waals surface area contributed by atoms with Crippen molar-refractivity contribution in [3.05, 3.63) is 35.4 Å². The molecule has 0 radical (unpaired) electrons. The third kappa shape index (κ3) is 4.82. The third-order valence-corrected chi connectivity index (χ3v) is 5.85. The van der Waals surface area contributed by atoms with Crippen LogP contribution in [-0.2, 0) is 5.75 Å². The number of nitrogens with one attached hydrogen (secondary N) is 1. The number of hydrogen-bond donors (Lipinski definition) is 1. The maximum Gasteiger partial charge on any atom is 0.0204 e. The summed E-state index contributed by atoms with van der Waals surface area (Å²) in [5.74, 6) is 1.17. The molecule has 1 aromatic rings. The van der Waals surface area contributed by atoms with Crippen molar-refractivity contribution in [2.24, 2.45) is 0 Å². The molecule has 0 bridgehead atoms. The highest BCUT2D eigenvalue weighted by atomic mass is 32.2. The molecule has 2 atom stereocenters. The van der Waals surface area contributed by atoms with Crippen LogP contribution in [0.2, 0.25) is 0 Å². The lowest BCUT2D eigenvalue weighted by molar-refractivity contribution is 0.406. The van der Waals surface area contributed by atoms with Crippen LogP contribution in [0.5, 0.6) is 0 Å². The van der Waals surface area contributed by atoms with Crippen LogP contribution < -0.4 is 5.32 Å². The maximum atomic E-state index is 3.73. The molecule has 0 spiro atoms. The van der Waals surface area contributed by atoms with Gasteiger partial charge < -0.3 is 5.32 Å². The zero-order valence-electron chi connectivity index (χ0n) is 13.0. The summed E-state index contributed by atoms with van der Waals surface area (Å²) in [6.45, 7) is 5.57. The van der Waals surface area contributed by atoms with Crippen molar-refractivity contribution >= 4 is 11.8 Å². The molecular formula is C18H29NS. The van der Waals surface area contributed by atoms with Crippen LogP contribution in [0.15, 0.2) is 24.3 Å². The second-order valence-corrected chi connectivity index (χ2v) is 7.16. The minimum atomic E-state index is 0.717. The van der Waals surface area contributed by atoms with Gasteiger partial charge in [0.15, 0.2) is 0 Å². The van der Waals surface area contributed by atoms with Crippen molar-refractivity contribution in [2.75, 3.05) is 6.54 Å². The van der Waals surface area contributed by atoms with E-state index in [2.05, 4.69) is 55.2 Å². The Balaban J connectivity index is 1.94. The lowest BCUT2D eigenvalue weighted by Gasteiger charge is -2.29. The van der Waals surface area contributed by atoms with E-state index in [0.717, 1.165) is 11.8 Å². The first kappa shape index (κ1) is 15.9. The highest BCUT2D eigenvalue weighted by Crippen LogP contribution is 2.30. The number of thioether (sulfide) groups is 1. The van der Waals surface area contributed by atoms with Crippen molar-refractivity contribution in [1.29, 1.82) is 0 Å². The smallest absolute Gasteiger partial charge is 0.0204 e. The molecule has 2 heteroatoms. The van der Waals surface area contributed by atoms with Crippen molar-refractivity contribution in [3.8, 4) is 0 Å². The van der Waals surface area contributed by atoms with E-state index in [1.54, 1.807) is 0 Å². The van der Waals surface area contributed by atoms with Crippen molar-refractivity contribution in [1.82, 2.24) is 5.32 Å². The van der Waals surface area contributed by atoms with E-state index in [1.165, 1.54) is 55.4 Å². The Kier molecular flexibility index (Phi) is 6.95. The summed E-state index contributed by atoms with van der Waals surface area (Å²) < 4.78 is 0. The summed E-state index contributed by atoms with van der Waals surface area (Å²) in [5.41, 5.74) is 2.95. The Labute approximate surface area is 128 Å². The van der Waals surface area contributed by atoms with E-state index in [4.69, 9.17) is 0 Å². The van der Waals surface area contributed by atoms with Crippen LogP contribution in [-0.4, -0.2) is 17.8 Å². The second kappa shape index (κ2) is 8.74. The Morgan fingerprint density at radius 1 is 1.10 bits per heavy atom. The molecule has 1 aromatic carbocycles. The molecule has 112 valence electrons. The highest BCUT2D eigenvalue weighted by molar-refractivity contribution is 7.99. The molecular weight excluding hydrogens is 262 g/mol. The van der Waals surface area contributed by atoms with E-state index >= 15 is 0 Å². The van der Waals surface area contributed by atoms with E-state index < -0.39 is 0 Å². The monoisotopic (exact) mass is 291 g/mol. The molecule has 1 fully saturated rings. The molecule has 1 aliphatic rings. The van der Waals surface area contributed by atoms with Gasteiger partial charge in [-0.2, -0.15) is 11.8 Å². The van der Waals surface area contributed by atoms with Crippen molar-refractivity contribution < 1.29 is 0 Å². The van der Waals surface area contributed by atoms with Gasteiger partial charge in [-0.15, -0.1) is 0 Å². The zero-order valence-corrected chi connectivity index (χ0v) is 13.8. The van der Waals surface area contributed by atoms with Crippen LogP contribution >= 0.6 is 11.8 Å². The van der Waals surface area contributed by atoms with Crippen LogP contribution in [0, 0.1) is 6.92 Å². The van der Waals surface area contributed by atoms with Gasteiger partial charge in [-0.25, -0.2) is 0 Å². The molecule has 20 heavy (non-hydrogen) atoms. The average molecular weight is 292 g/mol. The summed E-state index contributed by atoms with van der Waals surface area (Å²) in [6, 6.07) is 9.54. The summed E-state index contributed by atoms with van der Waals surface area (Å²) in [4.78, 5) is 0. The standard InChI is InChI=1S/C18H29NS/c1-3-19-17-12-6-4-5-7-13-18(17)20-14-16-11-9-8-10-15(16)2/h8-11,17-19H,3-7,12-14H2,1-2H3. The molecule has 0 heterocycles. The van der Waals surface area contributed by atoms with E-state index in [-0.39, 0.29) is 0 Å². The summed E-state index contributed by atoms with van der Waals surface area (Å²) in [7, 11) is 0. The Hall–Kier alpha value is -0.470. The highest BCUT2D eigenvalue weighted by Gasteiger charge is 2.22. The first-order valence-corrected chi connectivity index (χ1v) is 9.25. The summed E-state index contributed by atoms with van der Waals surface area (Å²) >= 11 is 2.17. The number of benzene rings is 1. The minimum absolute atomic E-state index is 0.717. The SMILES string of the molecule is CCNC1CCCCCCC1SCc1ccccc1C. The van der Waals surface area contributed by atoms with Crippen LogP contribution in [0.25, 0.3) is 0 Å². The first-order chi connectivity index (χ1) is 9.81. The maximum absolute atomic E-state index is 3.73. The third-order valence-electron chi connectivity index (χ3n) is 4.38. The van der Waals surface area contributed by atoms with Gasteiger partial charge in [0.2, 0.25) is 0 Å². The fourth-order valence-corrected chi connectivity index (χ4v) is 4.63. The predicted octanol–water partition coefficient (Wildman–Crippen LogP) is 4.93. The molecule has 0 aromatic heterocycles. The largest absolute Gasteiger partial charge is 0.313 e. The van der Waals surface area contributed by atoms with Gasteiger partial charge in [0, 0.05) is 17.0 Å². The lowest BCUT2D eigenvalue weighted by atomic mass is 9.96. The van der Waals surface area contributed by atoms with Crippen LogP contribution in [0.4, 0.5) is 0 Å². The topological polar surface area (TPSA) is 12.0 Å². The van der Waals surface area contributed by atoms with Gasteiger partial charge in [-0.1, -0.05) is 56.9 Å². The molecule has 1 nitrogen and oxygen atoms in total. The molecule has 0 saturated heterocycles. The molecule has 1 saturated carbocycles. The minimum Gasteiger partial charge on any atom is -0.313 e. The number of aryl methyl sites for hydroxylation is 1. The van der Waals surface area contributed by atoms with Crippen LogP contribution in [0.3, 0.4) is 0 Å². The van der Waals surface area contributed by atoms with E-state index in [9.17, 15) is 0 Å². The summed E-state index contributed by atoms with van der Waals surface area (Å²) in [6.07, 6.45) is 8.41. The van der Waals surface area contributed by atoms with Gasteiger partial charge in [0.05, 0.1) is 0 Å². The van der Waals surface area contributed by atoms with Gasteiger partial charge >= 0.3 is 0 Å². The molecule has 2 unspecified atom stereocenters. The van der Waals surface area contributed by atoms with E-state index in [1.807, 2.05) is 0 Å². The summed E-state index contributed by atoms with van der Waals surface area (Å²) in [5, 5.41) is 4.52. The van der Waals surface area contributed by atoms with Crippen LogP contribution in [0.1, 0.15) is 56.6 Å². The quantitative estimate of drug-likeness (QED) is 0.825. The first-order valence-electron chi connectivity index (χ1n) is 8.20. The zero-order chi connectivity index (χ0) is 14.2. The average Bonchev–Trinajstić information content (AvgIpc) is 2.43. The molecule has 2 rings (SSSR count). The fourth-order valence-electron chi connectivity index (χ4n) is 3.11.